The molecule has 0 saturated heterocycles. The first kappa shape index (κ1) is 15.7. The molecule has 1 aromatic heterocycles. The van der Waals surface area contributed by atoms with Gasteiger partial charge in [0.1, 0.15) is 17.4 Å². The second kappa shape index (κ2) is 7.93. The Kier molecular flexibility index (Phi) is 5.93. The number of aryl methyl sites for hydroxylation is 1. The molecule has 1 aromatic carbocycles. The number of furan rings is 1. The summed E-state index contributed by atoms with van der Waals surface area (Å²) in [6.45, 7) is 2.90. The molecule has 1 atom stereocenters. The zero-order valence-corrected chi connectivity index (χ0v) is 12.2. The van der Waals surface area contributed by atoms with Crippen LogP contribution in [0.25, 0.3) is 0 Å². The van der Waals surface area contributed by atoms with Gasteiger partial charge in [-0.1, -0.05) is 13.0 Å². The Morgan fingerprint density at radius 3 is 2.52 bits per heavy atom. The van der Waals surface area contributed by atoms with Gasteiger partial charge in [-0.2, -0.15) is 0 Å². The molecule has 0 bridgehead atoms. The van der Waals surface area contributed by atoms with Crippen molar-refractivity contribution in [2.24, 2.45) is 0 Å². The van der Waals surface area contributed by atoms with Gasteiger partial charge in [0.25, 0.3) is 0 Å². The number of nitrogens with one attached hydrogen (secondary N) is 1. The third-order valence-corrected chi connectivity index (χ3v) is 3.51. The minimum absolute atomic E-state index is 0.0291. The summed E-state index contributed by atoms with van der Waals surface area (Å²) in [5, 5.41) is 3.36. The van der Waals surface area contributed by atoms with Gasteiger partial charge < -0.3 is 9.73 Å². The molecule has 0 radical (unpaired) electrons. The van der Waals surface area contributed by atoms with Gasteiger partial charge in [-0.15, -0.1) is 0 Å². The smallest absolute Gasteiger partial charge is 0.129 e. The molecule has 2 rings (SSSR count). The zero-order valence-electron chi connectivity index (χ0n) is 12.2. The molecule has 0 aliphatic rings. The highest BCUT2D eigenvalue weighted by Crippen LogP contribution is 2.16. The SMILES string of the molecule is CCCNC(CCc1ccco1)Cc1c(F)cccc1F. The summed E-state index contributed by atoms with van der Waals surface area (Å²) in [6, 6.07) is 7.80. The van der Waals surface area contributed by atoms with Gasteiger partial charge in [0.05, 0.1) is 6.26 Å². The fourth-order valence-electron chi connectivity index (χ4n) is 2.37. The molecule has 21 heavy (non-hydrogen) atoms. The Hall–Kier alpha value is -1.68. The average Bonchev–Trinajstić information content (AvgIpc) is 2.98. The molecule has 114 valence electrons. The Morgan fingerprint density at radius 2 is 1.90 bits per heavy atom. The van der Waals surface area contributed by atoms with Crippen LogP contribution in [0.3, 0.4) is 0 Å². The lowest BCUT2D eigenvalue weighted by Gasteiger charge is -2.19. The van der Waals surface area contributed by atoms with E-state index in [4.69, 9.17) is 4.42 Å². The van der Waals surface area contributed by atoms with Crippen LogP contribution in [0.2, 0.25) is 0 Å². The second-order valence-corrected chi connectivity index (χ2v) is 5.17. The maximum atomic E-state index is 13.8. The Bertz CT molecular complexity index is 519. The van der Waals surface area contributed by atoms with Crippen LogP contribution in [-0.4, -0.2) is 12.6 Å². The van der Waals surface area contributed by atoms with E-state index in [1.165, 1.54) is 18.2 Å². The molecule has 0 saturated carbocycles. The number of hydrogen-bond donors (Lipinski definition) is 1. The van der Waals surface area contributed by atoms with Crippen LogP contribution in [0.15, 0.2) is 41.0 Å². The van der Waals surface area contributed by atoms with Crippen molar-refractivity contribution in [3.8, 4) is 0 Å². The monoisotopic (exact) mass is 293 g/mol. The van der Waals surface area contributed by atoms with E-state index in [2.05, 4.69) is 12.2 Å². The third kappa shape index (κ3) is 4.67. The molecule has 2 aromatic rings. The highest BCUT2D eigenvalue weighted by Gasteiger charge is 2.16. The first-order valence-corrected chi connectivity index (χ1v) is 7.39. The number of rotatable bonds is 8. The Labute approximate surface area is 124 Å². The second-order valence-electron chi connectivity index (χ2n) is 5.17. The molecule has 0 spiro atoms. The van der Waals surface area contributed by atoms with E-state index in [9.17, 15) is 8.78 Å². The summed E-state index contributed by atoms with van der Waals surface area (Å²) in [5.41, 5.74) is 0.158. The van der Waals surface area contributed by atoms with Crippen molar-refractivity contribution in [2.45, 2.75) is 38.6 Å². The van der Waals surface area contributed by atoms with Crippen LogP contribution >= 0.6 is 0 Å². The highest BCUT2D eigenvalue weighted by atomic mass is 19.1. The maximum Gasteiger partial charge on any atom is 0.129 e. The first-order chi connectivity index (χ1) is 10.2. The quantitative estimate of drug-likeness (QED) is 0.792. The van der Waals surface area contributed by atoms with Crippen molar-refractivity contribution >= 4 is 0 Å². The van der Waals surface area contributed by atoms with Crippen LogP contribution in [0.1, 0.15) is 31.1 Å². The Morgan fingerprint density at radius 1 is 1.14 bits per heavy atom. The fraction of sp³-hybridized carbons (Fsp3) is 0.412. The van der Waals surface area contributed by atoms with Crippen molar-refractivity contribution in [3.05, 3.63) is 59.6 Å². The summed E-state index contributed by atoms with van der Waals surface area (Å²) in [5.74, 6) is -0.0556. The number of halogens is 2. The standard InChI is InChI=1S/C17H21F2NO/c1-2-10-20-13(8-9-14-5-4-11-21-14)12-15-16(18)6-3-7-17(15)19/h3-7,11,13,20H,2,8-10,12H2,1H3. The van der Waals surface area contributed by atoms with Crippen molar-refractivity contribution in [2.75, 3.05) is 6.54 Å². The highest BCUT2D eigenvalue weighted by molar-refractivity contribution is 5.20. The third-order valence-electron chi connectivity index (χ3n) is 3.51. The molecule has 0 amide bonds. The number of hydrogen-bond acceptors (Lipinski definition) is 2. The van der Waals surface area contributed by atoms with Crippen LogP contribution in [0.4, 0.5) is 8.78 Å². The minimum atomic E-state index is -0.476. The van der Waals surface area contributed by atoms with Crippen molar-refractivity contribution < 1.29 is 13.2 Å². The summed E-state index contributed by atoms with van der Waals surface area (Å²) in [4.78, 5) is 0. The van der Waals surface area contributed by atoms with Gasteiger partial charge in [-0.05, 0) is 50.1 Å². The molecule has 4 heteroatoms. The summed E-state index contributed by atoms with van der Waals surface area (Å²) < 4.78 is 32.8. The van der Waals surface area contributed by atoms with Crippen LogP contribution < -0.4 is 5.32 Å². The molecule has 1 unspecified atom stereocenters. The van der Waals surface area contributed by atoms with Gasteiger partial charge in [0, 0.05) is 18.0 Å². The molecule has 2 nitrogen and oxygen atoms in total. The van der Waals surface area contributed by atoms with Crippen LogP contribution in [-0.2, 0) is 12.8 Å². The molecular formula is C17H21F2NO. The lowest BCUT2D eigenvalue weighted by Crippen LogP contribution is -2.33. The van der Waals surface area contributed by atoms with Crippen LogP contribution in [0, 0.1) is 11.6 Å². The lowest BCUT2D eigenvalue weighted by molar-refractivity contribution is 0.430. The van der Waals surface area contributed by atoms with Gasteiger partial charge in [-0.3, -0.25) is 0 Å². The summed E-state index contributed by atoms with van der Waals surface area (Å²) >= 11 is 0. The maximum absolute atomic E-state index is 13.8. The van der Waals surface area contributed by atoms with E-state index in [0.29, 0.717) is 6.42 Å². The topological polar surface area (TPSA) is 25.2 Å². The normalized spacial score (nSPS) is 12.5. The van der Waals surface area contributed by atoms with E-state index in [1.807, 2.05) is 12.1 Å². The van der Waals surface area contributed by atoms with E-state index >= 15 is 0 Å². The largest absolute Gasteiger partial charge is 0.469 e. The first-order valence-electron chi connectivity index (χ1n) is 7.39. The fourth-order valence-corrected chi connectivity index (χ4v) is 2.37. The predicted octanol–water partition coefficient (Wildman–Crippen LogP) is 4.10. The van der Waals surface area contributed by atoms with Crippen molar-refractivity contribution in [1.29, 1.82) is 0 Å². The van der Waals surface area contributed by atoms with E-state index in [0.717, 1.165) is 31.6 Å². The van der Waals surface area contributed by atoms with Gasteiger partial charge in [0.15, 0.2) is 0 Å². The number of benzene rings is 1. The van der Waals surface area contributed by atoms with Crippen molar-refractivity contribution in [3.63, 3.8) is 0 Å². The van der Waals surface area contributed by atoms with Crippen molar-refractivity contribution in [1.82, 2.24) is 5.32 Å². The molecule has 0 fully saturated rings. The lowest BCUT2D eigenvalue weighted by atomic mass is 10.00. The molecule has 1 N–H and O–H groups in total. The summed E-state index contributed by atoms with van der Waals surface area (Å²) in [7, 11) is 0. The zero-order chi connectivity index (χ0) is 15.1. The van der Waals surface area contributed by atoms with Gasteiger partial charge >= 0.3 is 0 Å². The van der Waals surface area contributed by atoms with Gasteiger partial charge in [0.2, 0.25) is 0 Å². The van der Waals surface area contributed by atoms with E-state index < -0.39 is 11.6 Å². The molecule has 0 aliphatic heterocycles. The van der Waals surface area contributed by atoms with E-state index in [1.54, 1.807) is 6.26 Å². The predicted molar refractivity (Wildman–Crippen MR) is 79.2 cm³/mol. The summed E-state index contributed by atoms with van der Waals surface area (Å²) in [6.07, 6.45) is 4.50. The van der Waals surface area contributed by atoms with Gasteiger partial charge in [-0.25, -0.2) is 8.78 Å². The van der Waals surface area contributed by atoms with Crippen LogP contribution in [0.5, 0.6) is 0 Å². The average molecular weight is 293 g/mol. The molecular weight excluding hydrogens is 272 g/mol. The minimum Gasteiger partial charge on any atom is -0.469 e. The Balaban J connectivity index is 2.01. The van der Waals surface area contributed by atoms with E-state index in [-0.39, 0.29) is 11.6 Å². The molecule has 1 heterocycles. The molecule has 0 aliphatic carbocycles.